The third kappa shape index (κ3) is 2.83. The molecule has 1 unspecified atom stereocenters. The standard InChI is InChI=1S/C19H26N4O2/c1-21(2)14-12-19(25-13-14)8-10-23(11-9-19)18(24)17-15-6-4-5-7-16(15)22(3)20-17/h4-7,14H,8-13H2,1-3H3. The Labute approximate surface area is 148 Å². The first-order chi connectivity index (χ1) is 12.0. The van der Waals surface area contributed by atoms with Gasteiger partial charge in [-0.1, -0.05) is 18.2 Å². The molecule has 1 amide bonds. The predicted molar refractivity (Wildman–Crippen MR) is 96.6 cm³/mol. The zero-order valence-electron chi connectivity index (χ0n) is 15.2. The molecule has 6 heteroatoms. The van der Waals surface area contributed by atoms with Gasteiger partial charge in [-0.05, 0) is 39.4 Å². The Morgan fingerprint density at radius 1 is 1.28 bits per heavy atom. The molecular weight excluding hydrogens is 316 g/mol. The number of amides is 1. The van der Waals surface area contributed by atoms with Crippen molar-refractivity contribution in [1.29, 1.82) is 0 Å². The molecule has 0 saturated carbocycles. The third-order valence-electron chi connectivity index (χ3n) is 5.84. The smallest absolute Gasteiger partial charge is 0.275 e. The molecule has 1 atom stereocenters. The number of piperidine rings is 1. The number of carbonyl (C=O) groups is 1. The lowest BCUT2D eigenvalue weighted by atomic mass is 9.87. The minimum absolute atomic E-state index is 0.0359. The summed E-state index contributed by atoms with van der Waals surface area (Å²) >= 11 is 0. The van der Waals surface area contributed by atoms with Gasteiger partial charge in [0, 0.05) is 31.6 Å². The molecule has 2 saturated heterocycles. The van der Waals surface area contributed by atoms with Crippen LogP contribution in [0.4, 0.5) is 0 Å². The largest absolute Gasteiger partial charge is 0.373 e. The fourth-order valence-corrected chi connectivity index (χ4v) is 4.14. The number of aryl methyl sites for hydroxylation is 1. The Hall–Kier alpha value is -1.92. The van der Waals surface area contributed by atoms with E-state index in [1.165, 1.54) is 0 Å². The number of benzene rings is 1. The quantitative estimate of drug-likeness (QED) is 0.836. The fraction of sp³-hybridized carbons (Fsp3) is 0.579. The number of para-hydroxylation sites is 1. The van der Waals surface area contributed by atoms with Crippen molar-refractivity contribution in [2.75, 3.05) is 33.8 Å². The third-order valence-corrected chi connectivity index (χ3v) is 5.84. The van der Waals surface area contributed by atoms with E-state index in [0.29, 0.717) is 11.7 Å². The van der Waals surface area contributed by atoms with Gasteiger partial charge >= 0.3 is 0 Å². The summed E-state index contributed by atoms with van der Waals surface area (Å²) in [6.07, 6.45) is 2.89. The van der Waals surface area contributed by atoms with Crippen LogP contribution in [0.5, 0.6) is 0 Å². The first-order valence-electron chi connectivity index (χ1n) is 9.00. The molecule has 2 aromatic rings. The highest BCUT2D eigenvalue weighted by molar-refractivity contribution is 6.04. The maximum Gasteiger partial charge on any atom is 0.275 e. The molecule has 0 aliphatic carbocycles. The Morgan fingerprint density at radius 3 is 2.68 bits per heavy atom. The molecule has 1 aromatic heterocycles. The molecule has 3 heterocycles. The molecule has 2 aliphatic heterocycles. The van der Waals surface area contributed by atoms with Crippen LogP contribution < -0.4 is 0 Å². The van der Waals surface area contributed by atoms with Crippen LogP contribution in [0.2, 0.25) is 0 Å². The van der Waals surface area contributed by atoms with Gasteiger partial charge in [-0.25, -0.2) is 0 Å². The molecule has 0 N–H and O–H groups in total. The van der Waals surface area contributed by atoms with Crippen molar-refractivity contribution in [3.63, 3.8) is 0 Å². The molecule has 0 bridgehead atoms. The van der Waals surface area contributed by atoms with E-state index < -0.39 is 0 Å². The van der Waals surface area contributed by atoms with Gasteiger partial charge in [0.15, 0.2) is 5.69 Å². The number of fused-ring (bicyclic) bond motifs is 1. The van der Waals surface area contributed by atoms with Crippen molar-refractivity contribution in [2.45, 2.75) is 30.9 Å². The van der Waals surface area contributed by atoms with E-state index in [2.05, 4.69) is 24.1 Å². The maximum absolute atomic E-state index is 13.0. The first kappa shape index (κ1) is 16.5. The second-order valence-corrected chi connectivity index (χ2v) is 7.60. The van der Waals surface area contributed by atoms with Gasteiger partial charge in [-0.2, -0.15) is 5.10 Å². The van der Waals surface area contributed by atoms with Crippen molar-refractivity contribution < 1.29 is 9.53 Å². The Kier molecular flexibility index (Phi) is 4.04. The van der Waals surface area contributed by atoms with Crippen molar-refractivity contribution in [2.24, 2.45) is 7.05 Å². The molecule has 2 fully saturated rings. The van der Waals surface area contributed by atoms with Crippen LogP contribution in [0.15, 0.2) is 24.3 Å². The molecule has 25 heavy (non-hydrogen) atoms. The van der Waals surface area contributed by atoms with Crippen LogP contribution in [-0.4, -0.2) is 70.9 Å². The average molecular weight is 342 g/mol. The highest BCUT2D eigenvalue weighted by Gasteiger charge is 2.44. The van der Waals surface area contributed by atoms with Crippen molar-refractivity contribution in [3.8, 4) is 0 Å². The van der Waals surface area contributed by atoms with Crippen molar-refractivity contribution in [3.05, 3.63) is 30.0 Å². The number of carbonyl (C=O) groups excluding carboxylic acids is 1. The summed E-state index contributed by atoms with van der Waals surface area (Å²) < 4.78 is 7.95. The number of likely N-dealkylation sites (tertiary alicyclic amines) is 1. The lowest BCUT2D eigenvalue weighted by molar-refractivity contribution is -0.0392. The zero-order valence-corrected chi connectivity index (χ0v) is 15.2. The SMILES string of the molecule is CN(C)C1COC2(CCN(C(=O)c3nn(C)c4ccccc34)CC2)C1. The molecule has 134 valence electrons. The molecule has 0 radical (unpaired) electrons. The normalized spacial score (nSPS) is 23.0. The van der Waals surface area contributed by atoms with E-state index >= 15 is 0 Å². The number of likely N-dealkylation sites (N-methyl/N-ethyl adjacent to an activating group) is 1. The zero-order chi connectivity index (χ0) is 17.6. The van der Waals surface area contributed by atoms with Gasteiger partial charge in [0.2, 0.25) is 0 Å². The predicted octanol–water partition coefficient (Wildman–Crippen LogP) is 1.90. The molecule has 2 aliphatic rings. The van der Waals surface area contributed by atoms with Gasteiger partial charge in [0.05, 0.1) is 17.7 Å². The van der Waals surface area contributed by atoms with Crippen LogP contribution in [-0.2, 0) is 11.8 Å². The van der Waals surface area contributed by atoms with Crippen LogP contribution in [0.1, 0.15) is 29.8 Å². The summed E-state index contributed by atoms with van der Waals surface area (Å²) in [5, 5.41) is 5.41. The van der Waals surface area contributed by atoms with Gasteiger partial charge in [0.1, 0.15) is 0 Å². The number of nitrogens with zero attached hydrogens (tertiary/aromatic N) is 4. The fourth-order valence-electron chi connectivity index (χ4n) is 4.14. The van der Waals surface area contributed by atoms with E-state index in [1.807, 2.05) is 36.2 Å². The van der Waals surface area contributed by atoms with E-state index in [-0.39, 0.29) is 11.5 Å². The minimum Gasteiger partial charge on any atom is -0.373 e. The van der Waals surface area contributed by atoms with Crippen molar-refractivity contribution >= 4 is 16.8 Å². The van der Waals surface area contributed by atoms with Crippen LogP contribution >= 0.6 is 0 Å². The molecule has 6 nitrogen and oxygen atoms in total. The van der Waals surface area contributed by atoms with Crippen LogP contribution in [0, 0.1) is 0 Å². The molecule has 1 spiro atoms. The second-order valence-electron chi connectivity index (χ2n) is 7.60. The summed E-state index contributed by atoms with van der Waals surface area (Å²) in [4.78, 5) is 17.2. The summed E-state index contributed by atoms with van der Waals surface area (Å²) in [7, 11) is 6.10. The minimum atomic E-state index is -0.0437. The van der Waals surface area contributed by atoms with Crippen LogP contribution in [0.3, 0.4) is 0 Å². The Balaban J connectivity index is 1.48. The monoisotopic (exact) mass is 342 g/mol. The highest BCUT2D eigenvalue weighted by Crippen LogP contribution is 2.37. The molecule has 1 aromatic carbocycles. The number of ether oxygens (including phenoxy) is 1. The van der Waals surface area contributed by atoms with E-state index in [0.717, 1.165) is 49.9 Å². The van der Waals surface area contributed by atoms with E-state index in [4.69, 9.17) is 4.74 Å². The summed E-state index contributed by atoms with van der Waals surface area (Å²) in [5.74, 6) is 0.0359. The summed E-state index contributed by atoms with van der Waals surface area (Å²) in [6, 6.07) is 8.39. The van der Waals surface area contributed by atoms with Crippen molar-refractivity contribution in [1.82, 2.24) is 19.6 Å². The lowest BCUT2D eigenvalue weighted by Crippen LogP contribution is -2.47. The average Bonchev–Trinajstić information content (AvgIpc) is 3.18. The van der Waals surface area contributed by atoms with E-state index in [1.54, 1.807) is 4.68 Å². The van der Waals surface area contributed by atoms with Gasteiger partial charge in [-0.15, -0.1) is 0 Å². The Morgan fingerprint density at radius 2 is 2.00 bits per heavy atom. The number of rotatable bonds is 2. The molecular formula is C19H26N4O2. The first-order valence-corrected chi connectivity index (χ1v) is 9.00. The maximum atomic E-state index is 13.0. The van der Waals surface area contributed by atoms with Crippen LogP contribution in [0.25, 0.3) is 10.9 Å². The van der Waals surface area contributed by atoms with Gasteiger partial charge < -0.3 is 14.5 Å². The number of aromatic nitrogens is 2. The summed E-state index contributed by atoms with van der Waals surface area (Å²) in [6.45, 7) is 2.28. The molecule has 4 rings (SSSR count). The highest BCUT2D eigenvalue weighted by atomic mass is 16.5. The van der Waals surface area contributed by atoms with Gasteiger partial charge in [0.25, 0.3) is 5.91 Å². The number of hydrogen-bond donors (Lipinski definition) is 0. The number of hydrogen-bond acceptors (Lipinski definition) is 4. The second kappa shape index (κ2) is 6.11. The topological polar surface area (TPSA) is 50.6 Å². The lowest BCUT2D eigenvalue weighted by Gasteiger charge is -2.38. The van der Waals surface area contributed by atoms with Gasteiger partial charge in [-0.3, -0.25) is 9.48 Å². The Bertz CT molecular complexity index is 790. The van der Waals surface area contributed by atoms with E-state index in [9.17, 15) is 4.79 Å². The summed E-state index contributed by atoms with van der Waals surface area (Å²) in [5.41, 5.74) is 1.51.